The molecule has 2 rings (SSSR count). The third kappa shape index (κ3) is 3.32. The average molecular weight is 278 g/mol. The van der Waals surface area contributed by atoms with Gasteiger partial charge in [-0.25, -0.2) is 0 Å². The SMILES string of the molecule is COc1cc(C)ccc1OCc1ccc(Cl)c(N)c1. The molecule has 0 fully saturated rings. The van der Waals surface area contributed by atoms with Gasteiger partial charge in [-0.2, -0.15) is 0 Å². The van der Waals surface area contributed by atoms with Gasteiger partial charge in [-0.1, -0.05) is 23.7 Å². The highest BCUT2D eigenvalue weighted by Crippen LogP contribution is 2.29. The van der Waals surface area contributed by atoms with Crippen molar-refractivity contribution in [3.63, 3.8) is 0 Å². The Morgan fingerprint density at radius 2 is 1.89 bits per heavy atom. The van der Waals surface area contributed by atoms with Gasteiger partial charge in [-0.05, 0) is 42.3 Å². The lowest BCUT2D eigenvalue weighted by Crippen LogP contribution is -1.99. The lowest BCUT2D eigenvalue weighted by atomic mass is 10.2. The van der Waals surface area contributed by atoms with Gasteiger partial charge in [0, 0.05) is 0 Å². The zero-order valence-electron chi connectivity index (χ0n) is 10.9. The second-order valence-corrected chi connectivity index (χ2v) is 4.71. The smallest absolute Gasteiger partial charge is 0.161 e. The van der Waals surface area contributed by atoms with Crippen LogP contribution in [0.5, 0.6) is 11.5 Å². The Morgan fingerprint density at radius 1 is 1.11 bits per heavy atom. The highest BCUT2D eigenvalue weighted by atomic mass is 35.5. The van der Waals surface area contributed by atoms with Crippen LogP contribution in [0.4, 0.5) is 5.69 Å². The van der Waals surface area contributed by atoms with Crippen molar-refractivity contribution in [1.82, 2.24) is 0 Å². The van der Waals surface area contributed by atoms with Crippen molar-refractivity contribution in [2.75, 3.05) is 12.8 Å². The Hall–Kier alpha value is -1.87. The minimum atomic E-state index is 0.417. The van der Waals surface area contributed by atoms with Gasteiger partial charge in [0.1, 0.15) is 6.61 Å². The normalized spacial score (nSPS) is 10.3. The fourth-order valence-corrected chi connectivity index (χ4v) is 1.86. The quantitative estimate of drug-likeness (QED) is 0.864. The van der Waals surface area contributed by atoms with Gasteiger partial charge in [0.25, 0.3) is 0 Å². The third-order valence-electron chi connectivity index (χ3n) is 2.77. The van der Waals surface area contributed by atoms with E-state index >= 15 is 0 Å². The monoisotopic (exact) mass is 277 g/mol. The molecule has 0 aliphatic rings. The molecule has 19 heavy (non-hydrogen) atoms. The summed E-state index contributed by atoms with van der Waals surface area (Å²) in [5, 5.41) is 0.552. The standard InChI is InChI=1S/C15H16ClNO2/c1-10-3-6-14(15(7-10)18-2)19-9-11-4-5-12(16)13(17)8-11/h3-8H,9,17H2,1-2H3. The lowest BCUT2D eigenvalue weighted by molar-refractivity contribution is 0.284. The molecule has 0 radical (unpaired) electrons. The summed E-state index contributed by atoms with van der Waals surface area (Å²) in [6.45, 7) is 2.42. The Morgan fingerprint density at radius 3 is 2.58 bits per heavy atom. The number of hydrogen-bond acceptors (Lipinski definition) is 3. The molecule has 0 atom stereocenters. The van der Waals surface area contributed by atoms with Gasteiger partial charge in [-0.15, -0.1) is 0 Å². The molecule has 2 aromatic carbocycles. The summed E-state index contributed by atoms with van der Waals surface area (Å²) in [4.78, 5) is 0. The second kappa shape index (κ2) is 5.85. The van der Waals surface area contributed by atoms with Crippen LogP contribution in [0.1, 0.15) is 11.1 Å². The van der Waals surface area contributed by atoms with Gasteiger partial charge in [0.05, 0.1) is 17.8 Å². The predicted octanol–water partition coefficient (Wildman–Crippen LogP) is 3.82. The molecule has 0 aliphatic heterocycles. The van der Waals surface area contributed by atoms with E-state index in [2.05, 4.69) is 0 Å². The molecule has 4 heteroatoms. The summed E-state index contributed by atoms with van der Waals surface area (Å²) in [5.74, 6) is 1.43. The van der Waals surface area contributed by atoms with Gasteiger partial charge in [0.2, 0.25) is 0 Å². The first-order valence-corrected chi connectivity index (χ1v) is 6.29. The highest BCUT2D eigenvalue weighted by Gasteiger charge is 2.05. The number of benzene rings is 2. The molecule has 2 aromatic rings. The number of anilines is 1. The Kier molecular flexibility index (Phi) is 4.17. The molecule has 0 amide bonds. The first-order chi connectivity index (χ1) is 9.10. The largest absolute Gasteiger partial charge is 0.493 e. The van der Waals surface area contributed by atoms with Crippen LogP contribution in [0.2, 0.25) is 5.02 Å². The van der Waals surface area contributed by atoms with Gasteiger partial charge in [-0.3, -0.25) is 0 Å². The maximum absolute atomic E-state index is 5.88. The lowest BCUT2D eigenvalue weighted by Gasteiger charge is -2.11. The van der Waals surface area contributed by atoms with Crippen molar-refractivity contribution >= 4 is 17.3 Å². The Labute approximate surface area is 117 Å². The number of aryl methyl sites for hydroxylation is 1. The number of hydrogen-bond donors (Lipinski definition) is 1. The fourth-order valence-electron chi connectivity index (χ4n) is 1.74. The molecule has 0 aliphatic carbocycles. The first kappa shape index (κ1) is 13.6. The van der Waals surface area contributed by atoms with Crippen LogP contribution in [-0.4, -0.2) is 7.11 Å². The second-order valence-electron chi connectivity index (χ2n) is 4.30. The summed E-state index contributed by atoms with van der Waals surface area (Å²) in [6.07, 6.45) is 0. The van der Waals surface area contributed by atoms with E-state index in [0.717, 1.165) is 16.9 Å². The number of rotatable bonds is 4. The van der Waals surface area contributed by atoms with Crippen molar-refractivity contribution in [3.05, 3.63) is 52.5 Å². The van der Waals surface area contributed by atoms with Crippen molar-refractivity contribution in [1.29, 1.82) is 0 Å². The first-order valence-electron chi connectivity index (χ1n) is 5.91. The number of nitrogen functional groups attached to an aromatic ring is 1. The summed E-state index contributed by atoms with van der Waals surface area (Å²) in [7, 11) is 1.63. The molecule has 0 aromatic heterocycles. The summed E-state index contributed by atoms with van der Waals surface area (Å²) < 4.78 is 11.0. The minimum Gasteiger partial charge on any atom is -0.493 e. The maximum atomic E-state index is 5.88. The van der Waals surface area contributed by atoms with Crippen LogP contribution in [0.25, 0.3) is 0 Å². The van der Waals surface area contributed by atoms with E-state index in [1.165, 1.54) is 0 Å². The molecule has 100 valence electrons. The van der Waals surface area contributed by atoms with Gasteiger partial charge < -0.3 is 15.2 Å². The van der Waals surface area contributed by atoms with Crippen LogP contribution < -0.4 is 15.2 Å². The molecule has 2 N–H and O–H groups in total. The fraction of sp³-hybridized carbons (Fsp3) is 0.200. The van der Waals surface area contributed by atoms with E-state index in [9.17, 15) is 0 Å². The summed E-state index contributed by atoms with van der Waals surface area (Å²) >= 11 is 5.88. The highest BCUT2D eigenvalue weighted by molar-refractivity contribution is 6.33. The van der Waals surface area contributed by atoms with Crippen LogP contribution in [-0.2, 0) is 6.61 Å². The van der Waals surface area contributed by atoms with Crippen molar-refractivity contribution in [3.8, 4) is 11.5 Å². The number of nitrogens with two attached hydrogens (primary N) is 1. The number of methoxy groups -OCH3 is 1. The van der Waals surface area contributed by atoms with Crippen molar-refractivity contribution in [2.24, 2.45) is 0 Å². The van der Waals surface area contributed by atoms with Crippen LogP contribution in [0, 0.1) is 6.92 Å². The topological polar surface area (TPSA) is 44.5 Å². The number of halogens is 1. The summed E-state index contributed by atoms with van der Waals surface area (Å²) in [6, 6.07) is 11.3. The zero-order valence-corrected chi connectivity index (χ0v) is 11.7. The Bertz CT molecular complexity index is 584. The van der Waals surface area contributed by atoms with E-state index in [-0.39, 0.29) is 0 Å². The van der Waals surface area contributed by atoms with E-state index in [1.54, 1.807) is 13.2 Å². The van der Waals surface area contributed by atoms with Crippen LogP contribution in [0.15, 0.2) is 36.4 Å². The third-order valence-corrected chi connectivity index (χ3v) is 3.12. The van der Waals surface area contributed by atoms with E-state index < -0.39 is 0 Å². The molecule has 0 unspecified atom stereocenters. The molecule has 0 spiro atoms. The molecule has 0 heterocycles. The van der Waals surface area contributed by atoms with Crippen LogP contribution in [0.3, 0.4) is 0 Å². The van der Waals surface area contributed by atoms with Crippen molar-refractivity contribution < 1.29 is 9.47 Å². The van der Waals surface area contributed by atoms with E-state index in [1.807, 2.05) is 37.3 Å². The molecule has 0 saturated heterocycles. The predicted molar refractivity (Wildman–Crippen MR) is 77.9 cm³/mol. The molecular formula is C15H16ClNO2. The van der Waals surface area contributed by atoms with E-state index in [4.69, 9.17) is 26.8 Å². The molecule has 0 bridgehead atoms. The molecule has 3 nitrogen and oxygen atoms in total. The Balaban J connectivity index is 2.12. The maximum Gasteiger partial charge on any atom is 0.161 e. The van der Waals surface area contributed by atoms with Crippen LogP contribution >= 0.6 is 11.6 Å². The zero-order chi connectivity index (χ0) is 13.8. The van der Waals surface area contributed by atoms with Crippen molar-refractivity contribution in [2.45, 2.75) is 13.5 Å². The molecular weight excluding hydrogens is 262 g/mol. The van der Waals surface area contributed by atoms with E-state index in [0.29, 0.717) is 23.1 Å². The minimum absolute atomic E-state index is 0.417. The summed E-state index contributed by atoms with van der Waals surface area (Å²) in [5.41, 5.74) is 8.40. The molecule has 0 saturated carbocycles. The average Bonchev–Trinajstić information content (AvgIpc) is 2.41. The van der Waals surface area contributed by atoms with Gasteiger partial charge in [0.15, 0.2) is 11.5 Å². The number of ether oxygens (including phenoxy) is 2. The van der Waals surface area contributed by atoms with Gasteiger partial charge >= 0.3 is 0 Å².